The Morgan fingerprint density at radius 2 is 1.79 bits per heavy atom. The van der Waals surface area contributed by atoms with Crippen LogP contribution in [0, 0.1) is 5.82 Å². The van der Waals surface area contributed by atoms with Crippen molar-refractivity contribution in [1.82, 2.24) is 5.32 Å². The van der Waals surface area contributed by atoms with E-state index in [1.165, 1.54) is 24.1 Å². The summed E-state index contributed by atoms with van der Waals surface area (Å²) in [5.74, 6) is 0.447. The van der Waals surface area contributed by atoms with Gasteiger partial charge in [0.2, 0.25) is 0 Å². The molecule has 1 nitrogen and oxygen atoms in total. The SMILES string of the molecule is CNC1CC1c1cccc(-c2ccc(F)cc2)c1.Cl. The molecule has 0 spiro atoms. The Morgan fingerprint density at radius 3 is 2.42 bits per heavy atom. The van der Waals surface area contributed by atoms with Crippen LogP contribution in [-0.2, 0) is 0 Å². The maximum atomic E-state index is 12.9. The van der Waals surface area contributed by atoms with E-state index < -0.39 is 0 Å². The zero-order chi connectivity index (χ0) is 12.5. The fourth-order valence-electron chi connectivity index (χ4n) is 2.47. The van der Waals surface area contributed by atoms with Gasteiger partial charge in [-0.15, -0.1) is 12.4 Å². The summed E-state index contributed by atoms with van der Waals surface area (Å²) >= 11 is 0. The number of nitrogens with one attached hydrogen (secondary N) is 1. The standard InChI is InChI=1S/C16H16FN.ClH/c1-18-16-10-15(16)13-4-2-3-12(9-13)11-5-7-14(17)8-6-11;/h2-9,15-16,18H,10H2,1H3;1H. The molecule has 100 valence electrons. The van der Waals surface area contributed by atoms with Gasteiger partial charge in [0.05, 0.1) is 0 Å². The summed E-state index contributed by atoms with van der Waals surface area (Å²) < 4.78 is 12.9. The third-order valence-electron chi connectivity index (χ3n) is 3.65. The minimum Gasteiger partial charge on any atom is -0.316 e. The first kappa shape index (κ1) is 14.0. The number of hydrogen-bond donors (Lipinski definition) is 1. The molecule has 0 aliphatic heterocycles. The molecule has 1 saturated carbocycles. The molecule has 2 aromatic carbocycles. The smallest absolute Gasteiger partial charge is 0.123 e. The zero-order valence-electron chi connectivity index (χ0n) is 10.8. The van der Waals surface area contributed by atoms with E-state index in [1.54, 1.807) is 0 Å². The van der Waals surface area contributed by atoms with Gasteiger partial charge in [-0.05, 0) is 42.3 Å². The number of rotatable bonds is 3. The molecule has 3 heteroatoms. The lowest BCUT2D eigenvalue weighted by atomic mass is 10.0. The van der Waals surface area contributed by atoms with E-state index >= 15 is 0 Å². The summed E-state index contributed by atoms with van der Waals surface area (Å²) in [4.78, 5) is 0. The number of hydrogen-bond acceptors (Lipinski definition) is 1. The fraction of sp³-hybridized carbons (Fsp3) is 0.250. The molecular weight excluding hydrogens is 261 g/mol. The predicted octanol–water partition coefficient (Wildman–Crippen LogP) is 3.99. The second-order valence-electron chi connectivity index (χ2n) is 4.87. The number of likely N-dealkylation sites (N-methyl/N-ethyl adjacent to an activating group) is 1. The van der Waals surface area contributed by atoms with E-state index in [0.717, 1.165) is 11.1 Å². The maximum Gasteiger partial charge on any atom is 0.123 e. The molecule has 2 atom stereocenters. The average Bonchev–Trinajstić information content (AvgIpc) is 3.19. The zero-order valence-corrected chi connectivity index (χ0v) is 11.6. The summed E-state index contributed by atoms with van der Waals surface area (Å²) in [6.07, 6.45) is 1.21. The van der Waals surface area contributed by atoms with Crippen LogP contribution in [0.15, 0.2) is 48.5 Å². The van der Waals surface area contributed by atoms with Gasteiger partial charge < -0.3 is 5.32 Å². The fourth-order valence-corrected chi connectivity index (χ4v) is 2.47. The van der Waals surface area contributed by atoms with E-state index in [0.29, 0.717) is 12.0 Å². The van der Waals surface area contributed by atoms with Crippen molar-refractivity contribution in [2.24, 2.45) is 0 Å². The van der Waals surface area contributed by atoms with Crippen molar-refractivity contribution in [3.05, 3.63) is 59.9 Å². The minimum absolute atomic E-state index is 0. The van der Waals surface area contributed by atoms with Crippen LogP contribution in [0.3, 0.4) is 0 Å². The van der Waals surface area contributed by atoms with Crippen molar-refractivity contribution < 1.29 is 4.39 Å². The van der Waals surface area contributed by atoms with Gasteiger partial charge >= 0.3 is 0 Å². The van der Waals surface area contributed by atoms with Gasteiger partial charge in [-0.2, -0.15) is 0 Å². The molecule has 0 radical (unpaired) electrons. The van der Waals surface area contributed by atoms with Crippen molar-refractivity contribution in [3.63, 3.8) is 0 Å². The molecule has 1 aliphatic carbocycles. The first-order valence-electron chi connectivity index (χ1n) is 6.31. The summed E-state index contributed by atoms with van der Waals surface area (Å²) in [7, 11) is 2.01. The van der Waals surface area contributed by atoms with Gasteiger partial charge in [-0.25, -0.2) is 4.39 Å². The lowest BCUT2D eigenvalue weighted by Crippen LogP contribution is -2.10. The third kappa shape index (κ3) is 2.96. The van der Waals surface area contributed by atoms with Crippen LogP contribution >= 0.6 is 12.4 Å². The van der Waals surface area contributed by atoms with E-state index in [2.05, 4.69) is 29.6 Å². The number of benzene rings is 2. The quantitative estimate of drug-likeness (QED) is 0.894. The van der Waals surface area contributed by atoms with E-state index in [9.17, 15) is 4.39 Å². The van der Waals surface area contributed by atoms with Gasteiger partial charge in [0.15, 0.2) is 0 Å². The van der Waals surface area contributed by atoms with Gasteiger partial charge in [-0.3, -0.25) is 0 Å². The van der Waals surface area contributed by atoms with E-state index in [4.69, 9.17) is 0 Å². The normalized spacial score (nSPS) is 20.7. The first-order valence-corrected chi connectivity index (χ1v) is 6.31. The highest BCUT2D eigenvalue weighted by atomic mass is 35.5. The van der Waals surface area contributed by atoms with Crippen molar-refractivity contribution in [2.75, 3.05) is 7.05 Å². The summed E-state index contributed by atoms with van der Waals surface area (Å²) in [5.41, 5.74) is 3.60. The predicted molar refractivity (Wildman–Crippen MR) is 79.3 cm³/mol. The maximum absolute atomic E-state index is 12.9. The second-order valence-corrected chi connectivity index (χ2v) is 4.87. The van der Waals surface area contributed by atoms with Crippen LogP contribution in [0.4, 0.5) is 4.39 Å². The Kier molecular flexibility index (Phi) is 4.23. The van der Waals surface area contributed by atoms with Crippen LogP contribution < -0.4 is 5.32 Å². The first-order chi connectivity index (χ1) is 8.78. The van der Waals surface area contributed by atoms with E-state index in [-0.39, 0.29) is 18.2 Å². The third-order valence-corrected chi connectivity index (χ3v) is 3.65. The summed E-state index contributed by atoms with van der Waals surface area (Å²) in [5, 5.41) is 3.30. The number of halogens is 2. The lowest BCUT2D eigenvalue weighted by molar-refractivity contribution is 0.628. The molecule has 2 unspecified atom stereocenters. The molecule has 0 bridgehead atoms. The molecule has 1 fully saturated rings. The Balaban J connectivity index is 0.00000133. The highest BCUT2D eigenvalue weighted by Crippen LogP contribution is 2.41. The molecule has 0 amide bonds. The monoisotopic (exact) mass is 277 g/mol. The molecule has 0 heterocycles. The van der Waals surface area contributed by atoms with Gasteiger partial charge in [0, 0.05) is 12.0 Å². The van der Waals surface area contributed by atoms with Gasteiger partial charge in [0.25, 0.3) is 0 Å². The van der Waals surface area contributed by atoms with Crippen molar-refractivity contribution in [3.8, 4) is 11.1 Å². The van der Waals surface area contributed by atoms with Crippen LogP contribution in [-0.4, -0.2) is 13.1 Å². The van der Waals surface area contributed by atoms with Gasteiger partial charge in [0.1, 0.15) is 5.82 Å². The topological polar surface area (TPSA) is 12.0 Å². The average molecular weight is 278 g/mol. The lowest BCUT2D eigenvalue weighted by Gasteiger charge is -2.05. The molecule has 1 N–H and O–H groups in total. The molecule has 2 aromatic rings. The van der Waals surface area contributed by atoms with Crippen molar-refractivity contribution in [1.29, 1.82) is 0 Å². The molecule has 3 rings (SSSR count). The highest BCUT2D eigenvalue weighted by molar-refractivity contribution is 5.85. The van der Waals surface area contributed by atoms with Crippen molar-refractivity contribution in [2.45, 2.75) is 18.4 Å². The Hall–Kier alpha value is -1.38. The van der Waals surface area contributed by atoms with Crippen LogP contribution in [0.5, 0.6) is 0 Å². The van der Waals surface area contributed by atoms with E-state index in [1.807, 2.05) is 19.2 Å². The second kappa shape index (κ2) is 5.72. The van der Waals surface area contributed by atoms with Crippen LogP contribution in [0.2, 0.25) is 0 Å². The Bertz CT molecular complexity index is 553. The summed E-state index contributed by atoms with van der Waals surface area (Å²) in [6.45, 7) is 0. The van der Waals surface area contributed by atoms with Crippen molar-refractivity contribution >= 4 is 12.4 Å². The molecular formula is C16H17ClFN. The molecule has 19 heavy (non-hydrogen) atoms. The Labute approximate surface area is 119 Å². The van der Waals surface area contributed by atoms with Crippen LogP contribution in [0.1, 0.15) is 17.9 Å². The summed E-state index contributed by atoms with van der Waals surface area (Å²) in [6, 6.07) is 15.9. The molecule has 1 aliphatic rings. The molecule has 0 aromatic heterocycles. The van der Waals surface area contributed by atoms with Crippen LogP contribution in [0.25, 0.3) is 11.1 Å². The molecule has 0 saturated heterocycles. The minimum atomic E-state index is -0.188. The Morgan fingerprint density at radius 1 is 1.05 bits per heavy atom. The largest absolute Gasteiger partial charge is 0.316 e. The highest BCUT2D eigenvalue weighted by Gasteiger charge is 2.36. The van der Waals surface area contributed by atoms with Gasteiger partial charge in [-0.1, -0.05) is 36.4 Å².